The van der Waals surface area contributed by atoms with Gasteiger partial charge in [0.2, 0.25) is 0 Å². The lowest BCUT2D eigenvalue weighted by atomic mass is 9.99. The number of halogens is 1. The molecule has 0 saturated carbocycles. The lowest BCUT2D eigenvalue weighted by Gasteiger charge is -2.28. The summed E-state index contributed by atoms with van der Waals surface area (Å²) in [5.74, 6) is -0.754. The van der Waals surface area contributed by atoms with Gasteiger partial charge in [0.25, 0.3) is 5.91 Å². The first-order valence-electron chi connectivity index (χ1n) is 7.93. The Labute approximate surface area is 145 Å². The maximum absolute atomic E-state index is 13.8. The van der Waals surface area contributed by atoms with Crippen molar-refractivity contribution >= 4 is 12.0 Å². The number of nitriles is 1. The summed E-state index contributed by atoms with van der Waals surface area (Å²) < 4.78 is 18.7. The Morgan fingerprint density at radius 2 is 2.04 bits per heavy atom. The molecule has 0 fully saturated rings. The average molecular weight is 336 g/mol. The topological polar surface area (TPSA) is 53.3 Å². The van der Waals surface area contributed by atoms with E-state index in [-0.39, 0.29) is 17.2 Å². The highest BCUT2D eigenvalue weighted by Gasteiger charge is 2.23. The van der Waals surface area contributed by atoms with Gasteiger partial charge >= 0.3 is 0 Å². The largest absolute Gasteiger partial charge is 0.494 e. The first-order valence-corrected chi connectivity index (χ1v) is 7.93. The number of hydrogen-bond acceptors (Lipinski definition) is 3. The lowest BCUT2D eigenvalue weighted by Crippen LogP contribution is -2.36. The molecular weight excluding hydrogens is 319 g/mol. The summed E-state index contributed by atoms with van der Waals surface area (Å²) in [7, 11) is 1.38. The second-order valence-electron chi connectivity index (χ2n) is 5.81. The Bertz CT molecular complexity index is 884. The predicted octanol–water partition coefficient (Wildman–Crippen LogP) is 3.33. The van der Waals surface area contributed by atoms with Gasteiger partial charge in [-0.2, -0.15) is 5.26 Å². The number of methoxy groups -OCH3 is 1. The van der Waals surface area contributed by atoms with Gasteiger partial charge in [0, 0.05) is 13.1 Å². The molecule has 2 aromatic rings. The molecule has 0 aromatic heterocycles. The van der Waals surface area contributed by atoms with E-state index in [0.29, 0.717) is 18.7 Å². The van der Waals surface area contributed by atoms with Gasteiger partial charge in [-0.05, 0) is 41.3 Å². The van der Waals surface area contributed by atoms with E-state index in [4.69, 9.17) is 4.74 Å². The summed E-state index contributed by atoms with van der Waals surface area (Å²) in [4.78, 5) is 14.3. The van der Waals surface area contributed by atoms with E-state index in [1.807, 2.05) is 24.3 Å². The van der Waals surface area contributed by atoms with Crippen LogP contribution in [-0.2, 0) is 17.8 Å². The van der Waals surface area contributed by atoms with E-state index >= 15 is 0 Å². The molecule has 0 aliphatic carbocycles. The van der Waals surface area contributed by atoms with Gasteiger partial charge in [-0.1, -0.05) is 30.3 Å². The molecule has 1 amide bonds. The van der Waals surface area contributed by atoms with Crippen LogP contribution >= 0.6 is 0 Å². The van der Waals surface area contributed by atoms with Gasteiger partial charge in [0.05, 0.1) is 7.11 Å². The van der Waals surface area contributed by atoms with E-state index in [0.717, 1.165) is 12.0 Å². The van der Waals surface area contributed by atoms with Crippen molar-refractivity contribution in [3.63, 3.8) is 0 Å². The van der Waals surface area contributed by atoms with Gasteiger partial charge in [-0.15, -0.1) is 0 Å². The molecular formula is C20H17FN2O2. The molecule has 0 bridgehead atoms. The smallest absolute Gasteiger partial charge is 0.264 e. The fourth-order valence-electron chi connectivity index (χ4n) is 2.92. The fraction of sp³-hybridized carbons (Fsp3) is 0.200. The molecule has 5 heteroatoms. The van der Waals surface area contributed by atoms with Crippen LogP contribution in [0.5, 0.6) is 5.75 Å². The molecule has 126 valence electrons. The summed E-state index contributed by atoms with van der Waals surface area (Å²) in [6, 6.07) is 14.2. The monoisotopic (exact) mass is 336 g/mol. The standard InChI is InChI=1S/C20H17FN2O2/c1-25-19-7-6-14(11-18(19)21)10-17(12-22)20(24)23-9-8-15-4-2-3-5-16(15)13-23/h2-7,10-11H,8-9,13H2,1H3/b17-10+. The maximum Gasteiger partial charge on any atom is 0.264 e. The van der Waals surface area contributed by atoms with Crippen LogP contribution in [0.1, 0.15) is 16.7 Å². The van der Waals surface area contributed by atoms with E-state index in [1.54, 1.807) is 11.0 Å². The summed E-state index contributed by atoms with van der Waals surface area (Å²) >= 11 is 0. The van der Waals surface area contributed by atoms with Crippen molar-refractivity contribution in [3.8, 4) is 11.8 Å². The van der Waals surface area contributed by atoms with Gasteiger partial charge in [0.15, 0.2) is 11.6 Å². The number of nitrogens with zero attached hydrogens (tertiary/aromatic N) is 2. The number of fused-ring (bicyclic) bond motifs is 1. The second-order valence-corrected chi connectivity index (χ2v) is 5.81. The highest BCUT2D eigenvalue weighted by molar-refractivity contribution is 6.01. The normalized spacial score (nSPS) is 13.8. The third-order valence-corrected chi connectivity index (χ3v) is 4.26. The Morgan fingerprint density at radius 1 is 1.28 bits per heavy atom. The number of amides is 1. The van der Waals surface area contributed by atoms with Crippen molar-refractivity contribution in [1.82, 2.24) is 4.90 Å². The Kier molecular flexibility index (Phi) is 4.80. The van der Waals surface area contributed by atoms with Crippen molar-refractivity contribution in [2.24, 2.45) is 0 Å². The van der Waals surface area contributed by atoms with Gasteiger partial charge in [-0.25, -0.2) is 4.39 Å². The molecule has 3 rings (SSSR count). The molecule has 0 radical (unpaired) electrons. The summed E-state index contributed by atoms with van der Waals surface area (Å²) in [6.45, 7) is 1.04. The number of hydrogen-bond donors (Lipinski definition) is 0. The Morgan fingerprint density at radius 3 is 2.72 bits per heavy atom. The lowest BCUT2D eigenvalue weighted by molar-refractivity contribution is -0.127. The van der Waals surface area contributed by atoms with Crippen LogP contribution in [0, 0.1) is 17.1 Å². The van der Waals surface area contributed by atoms with Crippen molar-refractivity contribution in [1.29, 1.82) is 5.26 Å². The highest BCUT2D eigenvalue weighted by atomic mass is 19.1. The van der Waals surface area contributed by atoms with Crippen LogP contribution in [0.3, 0.4) is 0 Å². The van der Waals surface area contributed by atoms with Crippen LogP contribution in [0.4, 0.5) is 4.39 Å². The van der Waals surface area contributed by atoms with Crippen molar-refractivity contribution < 1.29 is 13.9 Å². The first-order chi connectivity index (χ1) is 12.1. The second kappa shape index (κ2) is 7.18. The molecule has 2 aromatic carbocycles. The molecule has 0 atom stereocenters. The van der Waals surface area contributed by atoms with Crippen LogP contribution in [0.25, 0.3) is 6.08 Å². The molecule has 0 unspecified atom stereocenters. The summed E-state index contributed by atoms with van der Waals surface area (Å²) in [5.41, 5.74) is 2.76. The SMILES string of the molecule is COc1ccc(/C=C(\C#N)C(=O)N2CCc3ccccc3C2)cc1F. The molecule has 0 saturated heterocycles. The summed E-state index contributed by atoms with van der Waals surface area (Å²) in [5, 5.41) is 9.37. The van der Waals surface area contributed by atoms with Crippen LogP contribution in [-0.4, -0.2) is 24.5 Å². The molecule has 0 N–H and O–H groups in total. The van der Waals surface area contributed by atoms with E-state index in [1.165, 1.54) is 30.9 Å². The minimum absolute atomic E-state index is 0.0102. The van der Waals surface area contributed by atoms with Crippen LogP contribution in [0.15, 0.2) is 48.0 Å². The number of carbonyl (C=O) groups is 1. The van der Waals surface area contributed by atoms with E-state index in [9.17, 15) is 14.4 Å². The number of benzene rings is 2. The molecule has 1 heterocycles. The predicted molar refractivity (Wildman–Crippen MR) is 92.1 cm³/mol. The molecule has 25 heavy (non-hydrogen) atoms. The van der Waals surface area contributed by atoms with E-state index < -0.39 is 5.82 Å². The average Bonchev–Trinajstić information content (AvgIpc) is 2.65. The number of rotatable bonds is 3. The minimum Gasteiger partial charge on any atom is -0.494 e. The van der Waals surface area contributed by atoms with Gasteiger partial charge in [-0.3, -0.25) is 4.79 Å². The quantitative estimate of drug-likeness (QED) is 0.638. The zero-order valence-corrected chi connectivity index (χ0v) is 13.8. The third-order valence-electron chi connectivity index (χ3n) is 4.26. The van der Waals surface area contributed by atoms with Crippen molar-refractivity contribution in [3.05, 3.63) is 70.5 Å². The molecule has 0 spiro atoms. The zero-order valence-electron chi connectivity index (χ0n) is 13.8. The van der Waals surface area contributed by atoms with Crippen LogP contribution in [0.2, 0.25) is 0 Å². The number of ether oxygens (including phenoxy) is 1. The third kappa shape index (κ3) is 3.53. The van der Waals surface area contributed by atoms with Gasteiger partial charge in [0.1, 0.15) is 11.6 Å². The molecule has 1 aliphatic heterocycles. The maximum atomic E-state index is 13.8. The highest BCUT2D eigenvalue weighted by Crippen LogP contribution is 2.22. The molecule has 1 aliphatic rings. The van der Waals surface area contributed by atoms with Crippen molar-refractivity contribution in [2.75, 3.05) is 13.7 Å². The van der Waals surface area contributed by atoms with Crippen molar-refractivity contribution in [2.45, 2.75) is 13.0 Å². The zero-order chi connectivity index (χ0) is 17.8. The Balaban J connectivity index is 1.83. The molecule has 4 nitrogen and oxygen atoms in total. The van der Waals surface area contributed by atoms with Gasteiger partial charge < -0.3 is 9.64 Å². The first kappa shape index (κ1) is 16.7. The van der Waals surface area contributed by atoms with Crippen LogP contribution < -0.4 is 4.74 Å². The minimum atomic E-state index is -0.534. The summed E-state index contributed by atoms with van der Waals surface area (Å²) in [6.07, 6.45) is 2.17. The fourth-order valence-corrected chi connectivity index (χ4v) is 2.92. The van der Waals surface area contributed by atoms with E-state index in [2.05, 4.69) is 6.07 Å². The Hall–Kier alpha value is -3.13. The number of carbonyl (C=O) groups excluding carboxylic acids is 1.